The smallest absolute Gasteiger partial charge is 0.0528 e. The third kappa shape index (κ3) is 0.480. The lowest BCUT2D eigenvalue weighted by Crippen LogP contribution is -2.35. The molecule has 3 rings (SSSR count). The summed E-state index contributed by atoms with van der Waals surface area (Å²) >= 11 is 0. The Labute approximate surface area is 43.7 Å². The molecule has 1 radical (unpaired) electrons. The van der Waals surface area contributed by atoms with Gasteiger partial charge in [0, 0.05) is 12.5 Å². The number of hydrogen-bond donors (Lipinski definition) is 0. The number of ether oxygens (including phenoxy) is 1. The van der Waals surface area contributed by atoms with Crippen LogP contribution in [0.4, 0.5) is 0 Å². The molecule has 2 bridgehead atoms. The molecule has 39 valence electrons. The predicted molar refractivity (Wildman–Crippen MR) is 26.8 cm³/mol. The normalized spacial score (nSPS) is 32.6. The van der Waals surface area contributed by atoms with Crippen molar-refractivity contribution in [3.05, 3.63) is 5.92 Å². The molecular weight excluding hydrogens is 88.1 g/mol. The van der Waals surface area contributed by atoms with Crippen molar-refractivity contribution in [3.63, 3.8) is 0 Å². The van der Waals surface area contributed by atoms with Crippen molar-refractivity contribution in [2.75, 3.05) is 13.2 Å². The van der Waals surface area contributed by atoms with Gasteiger partial charge in [0.05, 0.1) is 6.61 Å². The van der Waals surface area contributed by atoms with Crippen LogP contribution in [0.2, 0.25) is 0 Å². The van der Waals surface area contributed by atoms with E-state index in [9.17, 15) is 0 Å². The molecule has 1 heteroatoms. The summed E-state index contributed by atoms with van der Waals surface area (Å²) in [5, 5.41) is 0. The highest BCUT2D eigenvalue weighted by molar-refractivity contribution is 5.06. The lowest BCUT2D eigenvalue weighted by Gasteiger charge is -2.39. The van der Waals surface area contributed by atoms with Crippen molar-refractivity contribution in [1.82, 2.24) is 0 Å². The standard InChI is InChI=1S/C6H9O/c1-5-2-6(1)4-7-3-5/h5H,1-4H2. The number of hydrogen-bond acceptors (Lipinski definition) is 1. The Balaban J connectivity index is 1.99. The zero-order valence-electron chi connectivity index (χ0n) is 4.31. The molecule has 0 aromatic carbocycles. The van der Waals surface area contributed by atoms with Crippen LogP contribution in [0.5, 0.6) is 0 Å². The Kier molecular flexibility index (Phi) is 0.680. The van der Waals surface area contributed by atoms with Crippen LogP contribution in [0.15, 0.2) is 0 Å². The van der Waals surface area contributed by atoms with Gasteiger partial charge in [-0.1, -0.05) is 0 Å². The highest BCUT2D eigenvalue weighted by Crippen LogP contribution is 2.39. The minimum atomic E-state index is 0.920. The zero-order valence-corrected chi connectivity index (χ0v) is 4.31. The van der Waals surface area contributed by atoms with Crippen LogP contribution in [-0.4, -0.2) is 13.2 Å². The van der Waals surface area contributed by atoms with Gasteiger partial charge in [-0.3, -0.25) is 0 Å². The molecule has 0 amide bonds. The van der Waals surface area contributed by atoms with E-state index in [0.29, 0.717) is 0 Å². The van der Waals surface area contributed by atoms with E-state index < -0.39 is 0 Å². The third-order valence-electron chi connectivity index (χ3n) is 1.81. The first-order valence-corrected chi connectivity index (χ1v) is 2.86. The van der Waals surface area contributed by atoms with Crippen LogP contribution in [-0.2, 0) is 4.74 Å². The van der Waals surface area contributed by atoms with Gasteiger partial charge in [-0.05, 0) is 18.8 Å². The molecule has 3 fully saturated rings. The van der Waals surface area contributed by atoms with Crippen molar-refractivity contribution in [1.29, 1.82) is 0 Å². The second-order valence-electron chi connectivity index (χ2n) is 2.54. The van der Waals surface area contributed by atoms with Gasteiger partial charge in [-0.2, -0.15) is 0 Å². The van der Waals surface area contributed by atoms with Gasteiger partial charge in [0.25, 0.3) is 0 Å². The van der Waals surface area contributed by atoms with Crippen LogP contribution < -0.4 is 0 Å². The van der Waals surface area contributed by atoms with Crippen LogP contribution in [0.1, 0.15) is 12.8 Å². The lowest BCUT2D eigenvalue weighted by atomic mass is 9.74. The molecule has 7 heavy (non-hydrogen) atoms. The van der Waals surface area contributed by atoms with E-state index in [4.69, 9.17) is 4.74 Å². The molecule has 1 saturated carbocycles. The van der Waals surface area contributed by atoms with Crippen LogP contribution in [0, 0.1) is 11.8 Å². The molecule has 0 aromatic heterocycles. The minimum Gasteiger partial charge on any atom is -0.381 e. The summed E-state index contributed by atoms with van der Waals surface area (Å²) in [6, 6.07) is 0. The second-order valence-corrected chi connectivity index (χ2v) is 2.54. The van der Waals surface area contributed by atoms with E-state index in [1.807, 2.05) is 0 Å². The van der Waals surface area contributed by atoms with Gasteiger partial charge in [-0.15, -0.1) is 0 Å². The maximum Gasteiger partial charge on any atom is 0.0528 e. The van der Waals surface area contributed by atoms with Crippen molar-refractivity contribution >= 4 is 0 Å². The molecule has 0 spiro atoms. The second kappa shape index (κ2) is 1.22. The number of rotatable bonds is 0. The number of fused-ring (bicyclic) bond motifs is 2. The third-order valence-corrected chi connectivity index (χ3v) is 1.81. The quantitative estimate of drug-likeness (QED) is 0.438. The average molecular weight is 97.1 g/mol. The molecule has 1 nitrogen and oxygen atoms in total. The molecule has 2 saturated heterocycles. The Hall–Kier alpha value is -0.0400. The predicted octanol–water partition coefficient (Wildman–Crippen LogP) is 1.00. The topological polar surface area (TPSA) is 9.23 Å². The van der Waals surface area contributed by atoms with E-state index >= 15 is 0 Å². The molecule has 3 aliphatic rings. The molecule has 1 aliphatic carbocycles. The maximum absolute atomic E-state index is 5.19. The molecular formula is C6H9O. The first kappa shape index (κ1) is 3.90. The van der Waals surface area contributed by atoms with Gasteiger partial charge < -0.3 is 4.74 Å². The van der Waals surface area contributed by atoms with Crippen molar-refractivity contribution in [2.24, 2.45) is 5.92 Å². The van der Waals surface area contributed by atoms with Gasteiger partial charge in [-0.25, -0.2) is 0 Å². The van der Waals surface area contributed by atoms with Crippen molar-refractivity contribution in [2.45, 2.75) is 12.8 Å². The average Bonchev–Trinajstić information content (AvgIpc) is 1.67. The summed E-state index contributed by atoms with van der Waals surface area (Å²) in [6.45, 7) is 2.00. The fraction of sp³-hybridized carbons (Fsp3) is 0.833. The van der Waals surface area contributed by atoms with Crippen LogP contribution in [0.3, 0.4) is 0 Å². The summed E-state index contributed by atoms with van der Waals surface area (Å²) in [4.78, 5) is 0. The van der Waals surface area contributed by atoms with Gasteiger partial charge in [0.1, 0.15) is 0 Å². The summed E-state index contributed by atoms with van der Waals surface area (Å²) in [5.41, 5.74) is 0. The highest BCUT2D eigenvalue weighted by Gasteiger charge is 2.33. The fourth-order valence-corrected chi connectivity index (χ4v) is 1.36. The van der Waals surface area contributed by atoms with Crippen molar-refractivity contribution < 1.29 is 4.74 Å². The Bertz CT molecular complexity index is 60.7. The van der Waals surface area contributed by atoms with E-state index in [2.05, 4.69) is 0 Å². The molecule has 0 atom stereocenters. The monoisotopic (exact) mass is 97.1 g/mol. The van der Waals surface area contributed by atoms with E-state index in [0.717, 1.165) is 19.1 Å². The van der Waals surface area contributed by atoms with Gasteiger partial charge >= 0.3 is 0 Å². The summed E-state index contributed by atoms with van der Waals surface area (Å²) < 4.78 is 5.19. The molecule has 0 unspecified atom stereocenters. The molecule has 2 heterocycles. The Morgan fingerprint density at radius 1 is 1.43 bits per heavy atom. The van der Waals surface area contributed by atoms with Crippen molar-refractivity contribution in [3.8, 4) is 0 Å². The zero-order chi connectivity index (χ0) is 4.69. The highest BCUT2D eigenvalue weighted by atomic mass is 16.5. The largest absolute Gasteiger partial charge is 0.381 e. The molecule has 2 aliphatic heterocycles. The maximum atomic E-state index is 5.19. The summed E-state index contributed by atoms with van der Waals surface area (Å²) in [6.07, 6.45) is 2.75. The molecule has 0 N–H and O–H groups in total. The molecule has 0 aromatic rings. The van der Waals surface area contributed by atoms with E-state index in [1.54, 1.807) is 5.92 Å². The first-order chi connectivity index (χ1) is 3.45. The Morgan fingerprint density at radius 3 is 2.43 bits per heavy atom. The van der Waals surface area contributed by atoms with Crippen LogP contribution in [0.25, 0.3) is 0 Å². The SMILES string of the molecule is C1OCC2C[C]1C2. The Morgan fingerprint density at radius 2 is 2.29 bits per heavy atom. The lowest BCUT2D eigenvalue weighted by molar-refractivity contribution is 0.0155. The summed E-state index contributed by atoms with van der Waals surface area (Å²) in [7, 11) is 0. The van der Waals surface area contributed by atoms with Gasteiger partial charge in [0.2, 0.25) is 0 Å². The first-order valence-electron chi connectivity index (χ1n) is 2.86. The van der Waals surface area contributed by atoms with E-state index in [-0.39, 0.29) is 0 Å². The van der Waals surface area contributed by atoms with Gasteiger partial charge in [0.15, 0.2) is 0 Å². The minimum absolute atomic E-state index is 0.920. The van der Waals surface area contributed by atoms with Crippen LogP contribution >= 0.6 is 0 Å². The van der Waals surface area contributed by atoms with E-state index in [1.165, 1.54) is 12.8 Å². The fourth-order valence-electron chi connectivity index (χ4n) is 1.36. The summed E-state index contributed by atoms with van der Waals surface area (Å²) in [5.74, 6) is 2.56.